The molecule has 0 radical (unpaired) electrons. The summed E-state index contributed by atoms with van der Waals surface area (Å²) in [6.07, 6.45) is -1.11. The Morgan fingerprint density at radius 3 is 2.48 bits per heavy atom. The van der Waals surface area contributed by atoms with Gasteiger partial charge < -0.3 is 15.2 Å². The number of ether oxygens (including phenoxy) is 1. The highest BCUT2D eigenvalue weighted by molar-refractivity contribution is 6.30. The van der Waals surface area contributed by atoms with Gasteiger partial charge in [-0.05, 0) is 37.3 Å². The first-order valence-electron chi connectivity index (χ1n) is 8.79. The Balaban J connectivity index is 1.83. The maximum absolute atomic E-state index is 12.7. The van der Waals surface area contributed by atoms with E-state index in [1.54, 1.807) is 48.5 Å². The van der Waals surface area contributed by atoms with E-state index in [0.717, 1.165) is 4.68 Å². The summed E-state index contributed by atoms with van der Waals surface area (Å²) in [5.74, 6) is -1.39. The number of nitrogens with zero attached hydrogens (tertiary/aromatic N) is 2. The second-order valence-corrected chi connectivity index (χ2v) is 6.63. The third kappa shape index (κ3) is 4.61. The number of hydrogen-bond donors (Lipinski definition) is 2. The number of hydrogen-bond acceptors (Lipinski definition) is 6. The van der Waals surface area contributed by atoms with Crippen molar-refractivity contribution < 1.29 is 19.4 Å². The van der Waals surface area contributed by atoms with Gasteiger partial charge >= 0.3 is 5.97 Å². The number of benzene rings is 2. The molecule has 1 aromatic heterocycles. The number of amides is 1. The van der Waals surface area contributed by atoms with Crippen molar-refractivity contribution in [3.05, 3.63) is 69.6 Å². The molecular formula is C20H18ClN3O5. The summed E-state index contributed by atoms with van der Waals surface area (Å²) in [6.45, 7) is 1.03. The molecule has 0 unspecified atom stereocenters. The van der Waals surface area contributed by atoms with Crippen LogP contribution in [0.5, 0.6) is 0 Å². The molecule has 0 fully saturated rings. The number of anilines is 1. The molecule has 0 spiro atoms. The highest BCUT2D eigenvalue weighted by Crippen LogP contribution is 2.16. The molecule has 9 heteroatoms. The highest BCUT2D eigenvalue weighted by atomic mass is 35.5. The first-order chi connectivity index (χ1) is 13.9. The second-order valence-electron chi connectivity index (χ2n) is 6.19. The van der Waals surface area contributed by atoms with Crippen LogP contribution in [-0.4, -0.2) is 39.5 Å². The highest BCUT2D eigenvalue weighted by Gasteiger charge is 2.23. The molecule has 1 amide bonds. The van der Waals surface area contributed by atoms with Gasteiger partial charge in [-0.3, -0.25) is 9.59 Å². The number of carbonyl (C=O) groups is 2. The van der Waals surface area contributed by atoms with Gasteiger partial charge in [-0.2, -0.15) is 5.10 Å². The van der Waals surface area contributed by atoms with Crippen LogP contribution in [0.1, 0.15) is 17.4 Å². The molecule has 1 heterocycles. The van der Waals surface area contributed by atoms with E-state index in [-0.39, 0.29) is 24.2 Å². The summed E-state index contributed by atoms with van der Waals surface area (Å²) in [4.78, 5) is 37.4. The molecule has 0 aliphatic carbocycles. The Morgan fingerprint density at radius 2 is 1.83 bits per heavy atom. The fourth-order valence-corrected chi connectivity index (χ4v) is 2.81. The van der Waals surface area contributed by atoms with Crippen molar-refractivity contribution in [2.75, 3.05) is 11.9 Å². The van der Waals surface area contributed by atoms with Gasteiger partial charge in [-0.1, -0.05) is 29.8 Å². The van der Waals surface area contributed by atoms with Crippen LogP contribution in [-0.2, 0) is 16.1 Å². The van der Waals surface area contributed by atoms with E-state index in [4.69, 9.17) is 21.4 Å². The predicted octanol–water partition coefficient (Wildman–Crippen LogP) is 2.23. The van der Waals surface area contributed by atoms with Gasteiger partial charge in [-0.25, -0.2) is 9.48 Å². The molecule has 3 rings (SSSR count). The van der Waals surface area contributed by atoms with Gasteiger partial charge in [0.15, 0.2) is 11.8 Å². The fraction of sp³-hybridized carbons (Fsp3) is 0.200. The quantitative estimate of drug-likeness (QED) is 0.597. The summed E-state index contributed by atoms with van der Waals surface area (Å²) in [5, 5.41) is 16.9. The first kappa shape index (κ1) is 20.5. The standard InChI is InChI=1S/C20H18ClN3O5/c1-12(18(26)22-14-8-6-13(21)7-9-14)29-20(28)17-15-4-2-3-5-16(15)19(27)24(23-17)10-11-25/h2-9,12,25H,10-11H2,1H3,(H,22,26)/t12-/m0/s1. The molecule has 8 nitrogen and oxygen atoms in total. The summed E-state index contributed by atoms with van der Waals surface area (Å²) in [5.41, 5.74) is -0.0399. The Morgan fingerprint density at radius 1 is 1.17 bits per heavy atom. The minimum Gasteiger partial charge on any atom is -0.448 e. The number of aromatic nitrogens is 2. The molecular weight excluding hydrogens is 398 g/mol. The molecule has 0 bridgehead atoms. The second kappa shape index (κ2) is 8.85. The minimum absolute atomic E-state index is 0.0729. The van der Waals surface area contributed by atoms with Gasteiger partial charge in [-0.15, -0.1) is 0 Å². The molecule has 3 aromatic rings. The molecule has 0 saturated carbocycles. The van der Waals surface area contributed by atoms with Gasteiger partial charge in [0.05, 0.1) is 18.5 Å². The third-order valence-corrected chi connectivity index (χ3v) is 4.39. The number of aliphatic hydroxyl groups is 1. The lowest BCUT2D eigenvalue weighted by Crippen LogP contribution is -2.32. The molecule has 1 atom stereocenters. The average Bonchev–Trinajstić information content (AvgIpc) is 2.71. The van der Waals surface area contributed by atoms with E-state index in [0.29, 0.717) is 16.1 Å². The van der Waals surface area contributed by atoms with Crippen LogP contribution in [0.2, 0.25) is 5.02 Å². The van der Waals surface area contributed by atoms with Crippen molar-refractivity contribution in [3.63, 3.8) is 0 Å². The maximum Gasteiger partial charge on any atom is 0.360 e. The van der Waals surface area contributed by atoms with Crippen LogP contribution in [0.15, 0.2) is 53.3 Å². The van der Waals surface area contributed by atoms with Gasteiger partial charge in [0.2, 0.25) is 0 Å². The lowest BCUT2D eigenvalue weighted by atomic mass is 10.1. The number of fused-ring (bicyclic) bond motifs is 1. The van der Waals surface area contributed by atoms with E-state index in [2.05, 4.69) is 10.4 Å². The van der Waals surface area contributed by atoms with Gasteiger partial charge in [0, 0.05) is 16.1 Å². The zero-order chi connectivity index (χ0) is 21.0. The van der Waals surface area contributed by atoms with Gasteiger partial charge in [0.1, 0.15) is 0 Å². The zero-order valence-corrected chi connectivity index (χ0v) is 16.2. The van der Waals surface area contributed by atoms with Gasteiger partial charge in [0.25, 0.3) is 11.5 Å². The van der Waals surface area contributed by atoms with Crippen LogP contribution < -0.4 is 10.9 Å². The number of nitrogens with one attached hydrogen (secondary N) is 1. The van der Waals surface area contributed by atoms with Crippen molar-refractivity contribution in [2.45, 2.75) is 19.6 Å². The average molecular weight is 416 g/mol. The van der Waals surface area contributed by atoms with E-state index >= 15 is 0 Å². The van der Waals surface area contributed by atoms with Crippen LogP contribution in [0, 0.1) is 0 Å². The largest absolute Gasteiger partial charge is 0.448 e. The van der Waals surface area contributed by atoms with E-state index in [1.807, 2.05) is 0 Å². The Kier molecular flexibility index (Phi) is 6.26. The van der Waals surface area contributed by atoms with Crippen LogP contribution in [0.3, 0.4) is 0 Å². The number of halogens is 1. The van der Waals surface area contributed by atoms with Crippen LogP contribution >= 0.6 is 11.6 Å². The minimum atomic E-state index is -1.11. The summed E-state index contributed by atoms with van der Waals surface area (Å²) in [6, 6.07) is 12.9. The van der Waals surface area contributed by atoms with Crippen molar-refractivity contribution in [1.29, 1.82) is 0 Å². The molecule has 2 N–H and O–H groups in total. The topological polar surface area (TPSA) is 111 Å². The number of rotatable bonds is 6. The SMILES string of the molecule is C[C@H](OC(=O)c1nn(CCO)c(=O)c2ccccc12)C(=O)Nc1ccc(Cl)cc1. The molecule has 0 aliphatic rings. The van der Waals surface area contributed by atoms with Crippen molar-refractivity contribution in [3.8, 4) is 0 Å². The van der Waals surface area contributed by atoms with Crippen molar-refractivity contribution >= 4 is 39.9 Å². The maximum atomic E-state index is 12.7. The zero-order valence-electron chi connectivity index (χ0n) is 15.5. The van der Waals surface area contributed by atoms with E-state index in [9.17, 15) is 14.4 Å². The van der Waals surface area contributed by atoms with Crippen molar-refractivity contribution in [1.82, 2.24) is 9.78 Å². The monoisotopic (exact) mass is 415 g/mol. The summed E-state index contributed by atoms with van der Waals surface area (Å²) in [7, 11) is 0. The summed E-state index contributed by atoms with van der Waals surface area (Å²) >= 11 is 5.81. The molecule has 0 aliphatic heterocycles. The normalized spacial score (nSPS) is 11.8. The van der Waals surface area contributed by atoms with Crippen molar-refractivity contribution in [2.24, 2.45) is 0 Å². The van der Waals surface area contributed by atoms with E-state index in [1.165, 1.54) is 6.92 Å². The Hall–Kier alpha value is -3.23. The lowest BCUT2D eigenvalue weighted by molar-refractivity contribution is -0.123. The molecule has 0 saturated heterocycles. The van der Waals surface area contributed by atoms with Crippen LogP contribution in [0.4, 0.5) is 5.69 Å². The smallest absolute Gasteiger partial charge is 0.360 e. The number of aliphatic hydroxyl groups excluding tert-OH is 1. The molecule has 150 valence electrons. The number of esters is 1. The van der Waals surface area contributed by atoms with Crippen LogP contribution in [0.25, 0.3) is 10.8 Å². The third-order valence-electron chi connectivity index (χ3n) is 4.14. The Labute approximate surface area is 170 Å². The predicted molar refractivity (Wildman–Crippen MR) is 108 cm³/mol. The molecule has 2 aromatic carbocycles. The van der Waals surface area contributed by atoms with E-state index < -0.39 is 23.5 Å². The lowest BCUT2D eigenvalue weighted by Gasteiger charge is -2.15. The summed E-state index contributed by atoms with van der Waals surface area (Å²) < 4.78 is 6.26. The fourth-order valence-electron chi connectivity index (χ4n) is 2.68. The molecule has 29 heavy (non-hydrogen) atoms. The Bertz CT molecular complexity index is 1110. The first-order valence-corrected chi connectivity index (χ1v) is 9.16. The number of carbonyl (C=O) groups excluding carboxylic acids is 2.